The smallest absolute Gasteiger partial charge is 0.128 e. The largest absolute Gasteiger partial charge is 0.496 e. The fourth-order valence-corrected chi connectivity index (χ4v) is 4.39. The summed E-state index contributed by atoms with van der Waals surface area (Å²) in [6, 6.07) is 2.66. The van der Waals surface area contributed by atoms with E-state index in [2.05, 4.69) is 18.0 Å². The van der Waals surface area contributed by atoms with Gasteiger partial charge in [0.1, 0.15) is 5.75 Å². The Labute approximate surface area is 121 Å². The van der Waals surface area contributed by atoms with Gasteiger partial charge in [0.2, 0.25) is 0 Å². The maximum Gasteiger partial charge on any atom is 0.128 e. The number of nitriles is 1. The summed E-state index contributed by atoms with van der Waals surface area (Å²) in [4.78, 5) is 4.60. The van der Waals surface area contributed by atoms with Gasteiger partial charge in [0.15, 0.2) is 0 Å². The van der Waals surface area contributed by atoms with E-state index in [0.29, 0.717) is 5.92 Å². The van der Waals surface area contributed by atoms with Crippen molar-refractivity contribution in [2.75, 3.05) is 7.11 Å². The van der Waals surface area contributed by atoms with Crippen LogP contribution in [0.5, 0.6) is 5.75 Å². The molecule has 2 aliphatic carbocycles. The minimum atomic E-state index is -0.180. The highest BCUT2D eigenvalue weighted by Gasteiger charge is 2.51. The van der Waals surface area contributed by atoms with Crippen molar-refractivity contribution in [2.24, 2.45) is 17.3 Å². The first-order valence-corrected chi connectivity index (χ1v) is 7.50. The molecule has 1 aromatic rings. The van der Waals surface area contributed by atoms with Crippen molar-refractivity contribution in [3.63, 3.8) is 0 Å². The third-order valence-corrected chi connectivity index (χ3v) is 5.43. The average molecular weight is 270 g/mol. The zero-order chi connectivity index (χ0) is 14.3. The lowest BCUT2D eigenvalue weighted by atomic mass is 9.71. The van der Waals surface area contributed by atoms with E-state index in [1.807, 2.05) is 13.1 Å². The summed E-state index contributed by atoms with van der Waals surface area (Å²) in [7, 11) is 1.71. The average Bonchev–Trinajstić information content (AvgIpc) is 3.04. The number of ether oxygens (including phenoxy) is 1. The van der Waals surface area contributed by atoms with Crippen molar-refractivity contribution in [3.8, 4) is 11.8 Å². The lowest BCUT2D eigenvalue weighted by Crippen LogP contribution is -2.29. The SMILES string of the molecule is COc1c(C)cnc(CC2(C#N)CC3CCC2C3)c1C. The molecule has 1 heterocycles. The number of fused-ring (bicyclic) bond motifs is 2. The molecule has 2 saturated carbocycles. The zero-order valence-electron chi connectivity index (χ0n) is 12.6. The van der Waals surface area contributed by atoms with Gasteiger partial charge in [-0.25, -0.2) is 0 Å². The molecule has 106 valence electrons. The molecule has 2 bridgehead atoms. The number of rotatable bonds is 3. The summed E-state index contributed by atoms with van der Waals surface area (Å²) in [5, 5.41) is 9.76. The van der Waals surface area contributed by atoms with Crippen molar-refractivity contribution in [3.05, 3.63) is 23.0 Å². The molecule has 1 aromatic heterocycles. The molecule has 3 nitrogen and oxygen atoms in total. The number of hydrogen-bond acceptors (Lipinski definition) is 3. The van der Waals surface area contributed by atoms with Gasteiger partial charge in [0, 0.05) is 29.4 Å². The Hall–Kier alpha value is -1.56. The number of pyridine rings is 1. The predicted molar refractivity (Wildman–Crippen MR) is 77.5 cm³/mol. The lowest BCUT2D eigenvalue weighted by Gasteiger charge is -2.31. The minimum Gasteiger partial charge on any atom is -0.496 e. The van der Waals surface area contributed by atoms with Gasteiger partial charge in [-0.3, -0.25) is 4.98 Å². The molecule has 0 amide bonds. The monoisotopic (exact) mass is 270 g/mol. The van der Waals surface area contributed by atoms with Gasteiger partial charge in [0.05, 0.1) is 18.6 Å². The summed E-state index contributed by atoms with van der Waals surface area (Å²) >= 11 is 0. The van der Waals surface area contributed by atoms with Gasteiger partial charge in [-0.05, 0) is 44.9 Å². The van der Waals surface area contributed by atoms with Crippen molar-refractivity contribution in [2.45, 2.75) is 46.0 Å². The minimum absolute atomic E-state index is 0.180. The van der Waals surface area contributed by atoms with Crippen molar-refractivity contribution in [1.29, 1.82) is 5.26 Å². The first-order chi connectivity index (χ1) is 9.59. The fraction of sp³-hybridized carbons (Fsp3) is 0.647. The normalized spacial score (nSPS) is 31.3. The molecule has 0 N–H and O–H groups in total. The summed E-state index contributed by atoms with van der Waals surface area (Å²) in [6.07, 6.45) is 7.51. The molecule has 0 aliphatic heterocycles. The van der Waals surface area contributed by atoms with Gasteiger partial charge in [0.25, 0.3) is 0 Å². The Morgan fingerprint density at radius 2 is 2.25 bits per heavy atom. The summed E-state index contributed by atoms with van der Waals surface area (Å²) in [6.45, 7) is 4.08. The second kappa shape index (κ2) is 4.77. The first kappa shape index (κ1) is 13.4. The Morgan fingerprint density at radius 3 is 2.80 bits per heavy atom. The summed E-state index contributed by atoms with van der Waals surface area (Å²) in [5.74, 6) is 2.27. The second-order valence-corrected chi connectivity index (χ2v) is 6.57. The van der Waals surface area contributed by atoms with Crippen LogP contribution in [0.3, 0.4) is 0 Å². The first-order valence-electron chi connectivity index (χ1n) is 7.50. The Morgan fingerprint density at radius 1 is 1.45 bits per heavy atom. The van der Waals surface area contributed by atoms with E-state index < -0.39 is 0 Å². The van der Waals surface area contributed by atoms with Gasteiger partial charge >= 0.3 is 0 Å². The molecule has 2 fully saturated rings. The van der Waals surface area contributed by atoms with Crippen molar-refractivity contribution < 1.29 is 4.74 Å². The second-order valence-electron chi connectivity index (χ2n) is 6.57. The van der Waals surface area contributed by atoms with Crippen LogP contribution in [0.25, 0.3) is 0 Å². The van der Waals surface area contributed by atoms with E-state index in [1.54, 1.807) is 7.11 Å². The third-order valence-electron chi connectivity index (χ3n) is 5.43. The quantitative estimate of drug-likeness (QED) is 0.843. The molecule has 2 aliphatic rings. The molecule has 3 rings (SSSR count). The maximum atomic E-state index is 9.76. The van der Waals surface area contributed by atoms with E-state index in [1.165, 1.54) is 19.3 Å². The van der Waals surface area contributed by atoms with Gasteiger partial charge in [-0.2, -0.15) is 5.26 Å². The van der Waals surface area contributed by atoms with Crippen LogP contribution in [0.2, 0.25) is 0 Å². The van der Waals surface area contributed by atoms with Crippen LogP contribution in [0, 0.1) is 42.4 Å². The standard InChI is InChI=1S/C17H22N2O/c1-11-9-19-15(12(2)16(11)20-3)8-17(10-18)7-13-4-5-14(17)6-13/h9,13-14H,4-8H2,1-3H3. The molecule has 3 heteroatoms. The van der Waals surface area contributed by atoms with Crippen LogP contribution in [0.1, 0.15) is 42.5 Å². The Balaban J connectivity index is 1.93. The van der Waals surface area contributed by atoms with E-state index >= 15 is 0 Å². The van der Waals surface area contributed by atoms with Gasteiger partial charge in [-0.15, -0.1) is 0 Å². The summed E-state index contributed by atoms with van der Waals surface area (Å²) < 4.78 is 5.49. The van der Waals surface area contributed by atoms with Crippen LogP contribution in [-0.2, 0) is 6.42 Å². The van der Waals surface area contributed by atoms with E-state index in [9.17, 15) is 5.26 Å². The Kier molecular flexibility index (Phi) is 3.20. The molecular weight excluding hydrogens is 248 g/mol. The zero-order valence-corrected chi connectivity index (χ0v) is 12.6. The van der Waals surface area contributed by atoms with Gasteiger partial charge in [-0.1, -0.05) is 6.42 Å². The highest BCUT2D eigenvalue weighted by atomic mass is 16.5. The predicted octanol–water partition coefficient (Wildman–Crippen LogP) is 3.58. The molecule has 0 spiro atoms. The van der Waals surface area contributed by atoms with Crippen molar-refractivity contribution in [1.82, 2.24) is 4.98 Å². The third kappa shape index (κ3) is 1.90. The Bertz CT molecular complexity index is 575. The van der Waals surface area contributed by atoms with Crippen molar-refractivity contribution >= 4 is 0 Å². The molecule has 0 saturated heterocycles. The van der Waals surface area contributed by atoms with E-state index in [4.69, 9.17) is 4.74 Å². The van der Waals surface area contributed by atoms with E-state index in [-0.39, 0.29) is 5.41 Å². The topological polar surface area (TPSA) is 45.9 Å². The highest BCUT2D eigenvalue weighted by molar-refractivity contribution is 5.42. The van der Waals surface area contributed by atoms with E-state index in [0.717, 1.165) is 41.3 Å². The lowest BCUT2D eigenvalue weighted by molar-refractivity contribution is 0.236. The van der Waals surface area contributed by atoms with Crippen LogP contribution in [0.4, 0.5) is 0 Å². The molecule has 0 radical (unpaired) electrons. The molecule has 3 atom stereocenters. The summed E-state index contributed by atoms with van der Waals surface area (Å²) in [5.41, 5.74) is 3.03. The maximum absolute atomic E-state index is 9.76. The van der Waals surface area contributed by atoms with Crippen LogP contribution in [-0.4, -0.2) is 12.1 Å². The number of aromatic nitrogens is 1. The highest BCUT2D eigenvalue weighted by Crippen LogP contribution is 2.57. The molecule has 3 unspecified atom stereocenters. The molecule has 20 heavy (non-hydrogen) atoms. The number of nitrogens with zero attached hydrogens (tertiary/aromatic N) is 2. The molecular formula is C17H22N2O. The number of aryl methyl sites for hydroxylation is 1. The fourth-order valence-electron chi connectivity index (χ4n) is 4.39. The number of methoxy groups -OCH3 is 1. The molecule has 0 aromatic carbocycles. The van der Waals surface area contributed by atoms with Crippen LogP contribution < -0.4 is 4.74 Å². The van der Waals surface area contributed by atoms with Gasteiger partial charge < -0.3 is 4.74 Å². The van der Waals surface area contributed by atoms with Crippen LogP contribution >= 0.6 is 0 Å². The van der Waals surface area contributed by atoms with Crippen LogP contribution in [0.15, 0.2) is 6.20 Å². The number of hydrogen-bond donors (Lipinski definition) is 0.